The number of aliphatic imine (C=N–C) groups is 1. The molecule has 0 radical (unpaired) electrons. The Bertz CT molecular complexity index is 1350. The van der Waals surface area contributed by atoms with Gasteiger partial charge in [-0.2, -0.15) is 0 Å². The van der Waals surface area contributed by atoms with Gasteiger partial charge in [0.25, 0.3) is 0 Å². The van der Waals surface area contributed by atoms with Crippen molar-refractivity contribution in [1.82, 2.24) is 4.98 Å². The van der Waals surface area contributed by atoms with Crippen LogP contribution in [0.3, 0.4) is 0 Å². The quantitative estimate of drug-likeness (QED) is 0.455. The second-order valence-electron chi connectivity index (χ2n) is 8.59. The van der Waals surface area contributed by atoms with Gasteiger partial charge in [-0.3, -0.25) is 4.99 Å². The van der Waals surface area contributed by atoms with Crippen molar-refractivity contribution in [3.63, 3.8) is 0 Å². The first kappa shape index (κ1) is 18.9. The highest BCUT2D eigenvalue weighted by atomic mass is 14.8. The lowest BCUT2D eigenvalue weighted by molar-refractivity contribution is 0.671. The van der Waals surface area contributed by atoms with Crippen LogP contribution in [0.1, 0.15) is 12.0 Å². The molecule has 0 N–H and O–H groups in total. The number of dihydropyridines is 1. The Labute approximate surface area is 188 Å². The number of aromatic nitrogens is 1. The summed E-state index contributed by atoms with van der Waals surface area (Å²) in [7, 11) is 0. The van der Waals surface area contributed by atoms with Crippen molar-refractivity contribution < 1.29 is 0 Å². The Morgan fingerprint density at radius 2 is 1.66 bits per heavy atom. The second kappa shape index (κ2) is 8.05. The molecule has 3 unspecified atom stereocenters. The summed E-state index contributed by atoms with van der Waals surface area (Å²) < 4.78 is 0. The van der Waals surface area contributed by atoms with E-state index in [1.165, 1.54) is 16.8 Å². The number of allylic oxidation sites excluding steroid dienone is 7. The van der Waals surface area contributed by atoms with E-state index in [1.54, 1.807) is 0 Å². The molecule has 0 saturated heterocycles. The topological polar surface area (TPSA) is 25.2 Å². The zero-order valence-corrected chi connectivity index (χ0v) is 17.8. The molecule has 1 aliphatic heterocycles. The number of fused-ring (bicyclic) bond motifs is 2. The van der Waals surface area contributed by atoms with E-state index in [2.05, 4.69) is 109 Å². The summed E-state index contributed by atoms with van der Waals surface area (Å²) >= 11 is 0. The van der Waals surface area contributed by atoms with Crippen molar-refractivity contribution in [3.8, 4) is 11.3 Å². The molecule has 2 aromatic carbocycles. The second-order valence-corrected chi connectivity index (χ2v) is 8.59. The van der Waals surface area contributed by atoms with Gasteiger partial charge >= 0.3 is 0 Å². The van der Waals surface area contributed by atoms with E-state index in [4.69, 9.17) is 9.98 Å². The first-order chi connectivity index (χ1) is 15.8. The van der Waals surface area contributed by atoms with Crippen molar-refractivity contribution in [3.05, 3.63) is 121 Å². The number of nitrogens with zero attached hydrogens (tertiary/aromatic N) is 2. The van der Waals surface area contributed by atoms with Crippen LogP contribution in [0.2, 0.25) is 0 Å². The van der Waals surface area contributed by atoms with Crippen molar-refractivity contribution in [2.75, 3.05) is 0 Å². The van der Waals surface area contributed by atoms with E-state index in [0.717, 1.165) is 28.6 Å². The van der Waals surface area contributed by atoms with Gasteiger partial charge in [0.05, 0.1) is 17.3 Å². The van der Waals surface area contributed by atoms with E-state index in [9.17, 15) is 0 Å². The maximum Gasteiger partial charge on any atom is 0.0789 e. The number of pyridine rings is 1. The number of hydrogen-bond donors (Lipinski definition) is 0. The van der Waals surface area contributed by atoms with Crippen LogP contribution in [0.5, 0.6) is 0 Å². The van der Waals surface area contributed by atoms with E-state index < -0.39 is 0 Å². The lowest BCUT2D eigenvalue weighted by atomic mass is 9.85. The molecule has 32 heavy (non-hydrogen) atoms. The Balaban J connectivity index is 1.33. The van der Waals surface area contributed by atoms with Gasteiger partial charge in [0.1, 0.15) is 0 Å². The maximum atomic E-state index is 5.12. The monoisotopic (exact) mass is 412 g/mol. The van der Waals surface area contributed by atoms with Gasteiger partial charge in [0, 0.05) is 28.5 Å². The van der Waals surface area contributed by atoms with Crippen LogP contribution < -0.4 is 0 Å². The molecule has 1 aromatic heterocycles. The molecule has 2 heteroatoms. The van der Waals surface area contributed by atoms with Gasteiger partial charge in [0.2, 0.25) is 0 Å². The molecule has 0 spiro atoms. The van der Waals surface area contributed by atoms with Crippen molar-refractivity contribution in [2.24, 2.45) is 16.8 Å². The van der Waals surface area contributed by atoms with Crippen LogP contribution in [0, 0.1) is 11.8 Å². The highest BCUT2D eigenvalue weighted by Crippen LogP contribution is 2.32. The maximum absolute atomic E-state index is 5.12. The largest absolute Gasteiger partial charge is 0.281 e. The van der Waals surface area contributed by atoms with Crippen molar-refractivity contribution >= 4 is 22.2 Å². The van der Waals surface area contributed by atoms with Gasteiger partial charge in [-0.1, -0.05) is 97.1 Å². The number of hydrogen-bond acceptors (Lipinski definition) is 2. The fraction of sp³-hybridized carbons (Fsp3) is 0.133. The van der Waals surface area contributed by atoms with Gasteiger partial charge in [0.15, 0.2) is 0 Å². The average Bonchev–Trinajstić information content (AvgIpc) is 2.88. The minimum atomic E-state index is 0.161. The van der Waals surface area contributed by atoms with E-state index >= 15 is 0 Å². The molecule has 154 valence electrons. The van der Waals surface area contributed by atoms with Gasteiger partial charge in [-0.25, -0.2) is 4.98 Å². The molecule has 2 aliphatic carbocycles. The summed E-state index contributed by atoms with van der Waals surface area (Å²) in [6.07, 6.45) is 21.1. The minimum absolute atomic E-state index is 0.161. The highest BCUT2D eigenvalue weighted by Gasteiger charge is 2.24. The SMILES string of the molecule is C1=CCC(C2=NC3C=C(c4ccc5ccc(-c6ccccc6)nc5c4)C=CC3C=C2)C=C1. The zero-order valence-electron chi connectivity index (χ0n) is 17.8. The molecular weight excluding hydrogens is 388 g/mol. The van der Waals surface area contributed by atoms with E-state index in [1.807, 2.05) is 6.07 Å². The van der Waals surface area contributed by atoms with Crippen LogP contribution >= 0.6 is 0 Å². The number of benzene rings is 2. The first-order valence-electron chi connectivity index (χ1n) is 11.3. The lowest BCUT2D eigenvalue weighted by Gasteiger charge is -2.27. The Hall–Kier alpha value is -3.78. The van der Waals surface area contributed by atoms with E-state index in [0.29, 0.717) is 11.8 Å². The summed E-state index contributed by atoms with van der Waals surface area (Å²) in [5, 5.41) is 1.16. The Morgan fingerprint density at radius 3 is 2.53 bits per heavy atom. The third kappa shape index (κ3) is 3.58. The standard InChI is InChI=1S/C30H24N2/c1-3-7-21(8-4-1)27-17-15-23-11-13-25(19-29(23)31-27)26-14-12-24-16-18-28(32-30(24)20-26)22-9-5-2-6-10-22/h1-9,11-20,22,24,30H,10H2. The molecule has 2 nitrogen and oxygen atoms in total. The van der Waals surface area contributed by atoms with E-state index in [-0.39, 0.29) is 6.04 Å². The summed E-state index contributed by atoms with van der Waals surface area (Å²) in [5.41, 5.74) is 6.76. The molecule has 2 heterocycles. The summed E-state index contributed by atoms with van der Waals surface area (Å²) in [4.78, 5) is 10.1. The Morgan fingerprint density at radius 1 is 0.781 bits per heavy atom. The van der Waals surface area contributed by atoms with Crippen LogP contribution in [0.15, 0.2) is 120 Å². The summed E-state index contributed by atoms with van der Waals surface area (Å²) in [6.45, 7) is 0. The molecule has 0 saturated carbocycles. The lowest BCUT2D eigenvalue weighted by Crippen LogP contribution is -2.24. The van der Waals surface area contributed by atoms with Gasteiger partial charge in [-0.15, -0.1) is 0 Å². The van der Waals surface area contributed by atoms with Crippen molar-refractivity contribution in [2.45, 2.75) is 12.5 Å². The van der Waals surface area contributed by atoms with Crippen LogP contribution in [0.25, 0.3) is 27.7 Å². The predicted octanol–water partition coefficient (Wildman–Crippen LogP) is 6.98. The summed E-state index contributed by atoms with van der Waals surface area (Å²) in [6, 6.07) is 21.3. The molecule has 3 atom stereocenters. The number of rotatable bonds is 3. The third-order valence-electron chi connectivity index (χ3n) is 6.49. The smallest absolute Gasteiger partial charge is 0.0789 e. The summed E-state index contributed by atoms with van der Waals surface area (Å²) in [5.74, 6) is 0.732. The van der Waals surface area contributed by atoms with Crippen LogP contribution in [-0.2, 0) is 0 Å². The van der Waals surface area contributed by atoms with Crippen LogP contribution in [-0.4, -0.2) is 16.7 Å². The van der Waals surface area contributed by atoms with Crippen LogP contribution in [0.4, 0.5) is 0 Å². The minimum Gasteiger partial charge on any atom is -0.281 e. The Kier molecular flexibility index (Phi) is 4.77. The molecule has 0 bridgehead atoms. The fourth-order valence-corrected chi connectivity index (χ4v) is 4.68. The van der Waals surface area contributed by atoms with Gasteiger partial charge in [-0.05, 0) is 35.8 Å². The molecule has 3 aromatic rings. The molecule has 0 amide bonds. The highest BCUT2D eigenvalue weighted by molar-refractivity contribution is 5.99. The first-order valence-corrected chi connectivity index (χ1v) is 11.3. The fourth-order valence-electron chi connectivity index (χ4n) is 4.68. The zero-order chi connectivity index (χ0) is 21.3. The molecule has 6 rings (SSSR count). The molecule has 0 fully saturated rings. The molecular formula is C30H24N2. The van der Waals surface area contributed by atoms with Gasteiger partial charge < -0.3 is 0 Å². The molecule has 3 aliphatic rings. The van der Waals surface area contributed by atoms with Crippen molar-refractivity contribution in [1.29, 1.82) is 0 Å². The third-order valence-corrected chi connectivity index (χ3v) is 6.49. The normalized spacial score (nSPS) is 23.7. The average molecular weight is 413 g/mol. The predicted molar refractivity (Wildman–Crippen MR) is 135 cm³/mol.